The number of carbonyl (C=O) groups is 8. The van der Waals surface area contributed by atoms with E-state index in [0.717, 1.165) is 72.9 Å². The van der Waals surface area contributed by atoms with Gasteiger partial charge in [-0.2, -0.15) is 0 Å². The summed E-state index contributed by atoms with van der Waals surface area (Å²) in [6.07, 6.45) is -2.30. The topological polar surface area (TPSA) is 398 Å². The van der Waals surface area contributed by atoms with Crippen molar-refractivity contribution in [1.82, 2.24) is 61.5 Å². The van der Waals surface area contributed by atoms with Crippen LogP contribution in [0.2, 0.25) is 0 Å². The summed E-state index contributed by atoms with van der Waals surface area (Å²) in [5.74, 6) is -6.46. The molecule has 2 aromatic carbocycles. The number of hydrogen-bond donors (Lipinski definition) is 11. The van der Waals surface area contributed by atoms with Gasteiger partial charge in [-0.25, -0.2) is 34.7 Å². The fourth-order valence-corrected chi connectivity index (χ4v) is 15.0. The minimum Gasteiger partial charge on any atom is -0.506 e. The summed E-state index contributed by atoms with van der Waals surface area (Å²) in [6.45, 7) is 4.24. The van der Waals surface area contributed by atoms with Crippen LogP contribution in [0.4, 0.5) is 5.69 Å². The van der Waals surface area contributed by atoms with Crippen molar-refractivity contribution >= 4 is 153 Å². The Labute approximate surface area is 541 Å². The van der Waals surface area contributed by atoms with Gasteiger partial charge in [-0.15, -0.1) is 56.7 Å². The van der Waals surface area contributed by atoms with Crippen LogP contribution in [-0.2, 0) is 25.7 Å². The van der Waals surface area contributed by atoms with Gasteiger partial charge in [0.25, 0.3) is 23.6 Å². The number of aromatic hydroxyl groups is 1. The summed E-state index contributed by atoms with van der Waals surface area (Å²) in [4.78, 5) is 142. The second kappa shape index (κ2) is 26.8. The predicted octanol–water partition coefficient (Wildman–Crippen LogP) is 6.61. The van der Waals surface area contributed by atoms with Crippen LogP contribution >= 0.6 is 84.4 Å². The number of aryl methyl sites for hydroxylation is 1. The van der Waals surface area contributed by atoms with E-state index in [1.807, 2.05) is 6.07 Å². The molecule has 462 valence electrons. The van der Waals surface area contributed by atoms with Crippen LogP contribution in [-0.4, -0.2) is 133 Å². The second-order valence-electron chi connectivity index (χ2n) is 20.2. The number of aromatic nitrogens is 7. The van der Waals surface area contributed by atoms with Gasteiger partial charge < -0.3 is 62.7 Å². The molecule has 33 heteroatoms. The van der Waals surface area contributed by atoms with Crippen molar-refractivity contribution in [3.05, 3.63) is 141 Å². The molecule has 12 bridgehead atoms. The number of aliphatic hydroxyl groups excluding tert-OH is 2. The molecule has 0 radical (unpaired) electrons. The number of hydrogen-bond acceptors (Lipinski definition) is 25. The third-order valence-corrected chi connectivity index (χ3v) is 20.0. The highest BCUT2D eigenvalue weighted by Crippen LogP contribution is 2.42. The van der Waals surface area contributed by atoms with Gasteiger partial charge in [0.1, 0.15) is 89.3 Å². The van der Waals surface area contributed by atoms with E-state index in [1.165, 1.54) is 40.6 Å². The summed E-state index contributed by atoms with van der Waals surface area (Å²) in [7, 11) is 0. The van der Waals surface area contributed by atoms with Crippen LogP contribution in [0.1, 0.15) is 111 Å². The van der Waals surface area contributed by atoms with Crippen LogP contribution in [0.25, 0.3) is 49.3 Å². The van der Waals surface area contributed by atoms with Gasteiger partial charge in [-0.1, -0.05) is 52.0 Å². The van der Waals surface area contributed by atoms with Gasteiger partial charge in [0.2, 0.25) is 16.9 Å². The lowest BCUT2D eigenvalue weighted by Crippen LogP contribution is -2.52. The summed E-state index contributed by atoms with van der Waals surface area (Å²) >= 11 is 9.17. The van der Waals surface area contributed by atoms with Crippen molar-refractivity contribution < 1.29 is 58.4 Å². The third-order valence-electron chi connectivity index (χ3n) is 14.0. The molecule has 11 rings (SSSR count). The van der Waals surface area contributed by atoms with Crippen molar-refractivity contribution in [1.29, 1.82) is 0 Å². The SMILES string of the molecule is C/C=C1\NC(=O)[C@H]([C@@H](C)O)NC(=O)c2csc(n2)-c2cc(O)c(-c3nc(C(=O)NC(CNc4cccc(Br)c4)C(N)=O)cs3)nc2-c2csc(n2)[C@@H]2CSC(=O)c3[nH]c4cccc(c4c3C)COC(=O)[C@H](O)C[C@H](NC(=O)c3csc1n3)c1nc(cs1)C(=O)N2. The molecular formula is C57H49BrN14O12S6. The van der Waals surface area contributed by atoms with Gasteiger partial charge in [0.15, 0.2) is 6.10 Å². The summed E-state index contributed by atoms with van der Waals surface area (Å²) < 4.78 is 6.42. The molecule has 2 aliphatic heterocycles. The quantitative estimate of drug-likeness (QED) is 0.0712. The molecule has 0 fully saturated rings. The Balaban J connectivity index is 1.01. The van der Waals surface area contributed by atoms with Crippen molar-refractivity contribution in [3.8, 4) is 38.4 Å². The van der Waals surface area contributed by atoms with E-state index < -0.39 is 95.1 Å². The number of cyclic esters (lactones) is 1. The van der Waals surface area contributed by atoms with E-state index in [0.29, 0.717) is 27.7 Å². The zero-order valence-corrected chi connectivity index (χ0v) is 53.5. The highest BCUT2D eigenvalue weighted by Gasteiger charge is 2.34. The Morgan fingerprint density at radius 3 is 2.19 bits per heavy atom. The fourth-order valence-electron chi connectivity index (χ4n) is 9.45. The van der Waals surface area contributed by atoms with Crippen molar-refractivity contribution in [2.75, 3.05) is 17.6 Å². The number of ether oxygens (including phenoxy) is 1. The van der Waals surface area contributed by atoms with Gasteiger partial charge in [-0.3, -0.25) is 33.6 Å². The molecule has 0 aliphatic carbocycles. The van der Waals surface area contributed by atoms with Gasteiger partial charge >= 0.3 is 5.97 Å². The smallest absolute Gasteiger partial charge is 0.335 e. The number of halogens is 1. The highest BCUT2D eigenvalue weighted by atomic mass is 79.9. The normalized spacial score (nSPS) is 18.9. The second-order valence-corrected chi connectivity index (χ2v) is 26.4. The van der Waals surface area contributed by atoms with Crippen molar-refractivity contribution in [3.63, 3.8) is 0 Å². The van der Waals surface area contributed by atoms with Crippen LogP contribution in [0.3, 0.4) is 0 Å². The number of amides is 6. The number of anilines is 1. The van der Waals surface area contributed by atoms with Gasteiger partial charge in [0, 0.05) is 72.2 Å². The van der Waals surface area contributed by atoms with E-state index in [-0.39, 0.29) is 101 Å². The van der Waals surface area contributed by atoms with Gasteiger partial charge in [0.05, 0.1) is 29.6 Å². The first-order chi connectivity index (χ1) is 43.2. The number of nitrogens with one attached hydrogen (secondary N) is 7. The maximum absolute atomic E-state index is 14.6. The van der Waals surface area contributed by atoms with Crippen LogP contribution in [0.15, 0.2) is 86.0 Å². The number of rotatable bonds is 8. The molecule has 6 amide bonds. The zero-order chi connectivity index (χ0) is 63.7. The van der Waals surface area contributed by atoms with E-state index in [9.17, 15) is 53.7 Å². The number of carbonyl (C=O) groups excluding carboxylic acids is 8. The van der Waals surface area contributed by atoms with Crippen LogP contribution < -0.4 is 37.6 Å². The molecule has 2 aliphatic rings. The minimum absolute atomic E-state index is 0.0481. The molecule has 1 unspecified atom stereocenters. The first-order valence-electron chi connectivity index (χ1n) is 27.0. The summed E-state index contributed by atoms with van der Waals surface area (Å²) in [5.41, 5.74) is 7.89. The number of thiazole rings is 5. The first kappa shape index (κ1) is 62.9. The monoisotopic (exact) mass is 1390 g/mol. The average Bonchev–Trinajstić information content (AvgIpc) is 1.59. The largest absolute Gasteiger partial charge is 0.506 e. The highest BCUT2D eigenvalue weighted by molar-refractivity contribution is 9.10. The molecule has 0 spiro atoms. The number of allylic oxidation sites excluding steroid dienone is 1. The molecule has 9 aromatic rings. The molecule has 90 heavy (non-hydrogen) atoms. The van der Waals surface area contributed by atoms with Crippen LogP contribution in [0, 0.1) is 6.92 Å². The lowest BCUT2D eigenvalue weighted by molar-refractivity contribution is -0.155. The fraction of sp³-hybridized carbons (Fsp3) is 0.228. The molecule has 9 heterocycles. The van der Waals surface area contributed by atoms with E-state index in [4.69, 9.17) is 20.4 Å². The number of benzene rings is 2. The number of H-pyrrole nitrogens is 1. The molecular weight excluding hydrogens is 1350 g/mol. The van der Waals surface area contributed by atoms with Crippen molar-refractivity contribution in [2.24, 2.45) is 5.73 Å². The van der Waals surface area contributed by atoms with E-state index >= 15 is 0 Å². The Bertz CT molecular complexity index is 4380. The lowest BCUT2D eigenvalue weighted by atomic mass is 10.1. The Morgan fingerprint density at radius 2 is 1.46 bits per heavy atom. The Hall–Kier alpha value is -8.67. The number of nitrogens with two attached hydrogens (primary N) is 1. The van der Waals surface area contributed by atoms with Gasteiger partial charge in [-0.05, 0) is 62.2 Å². The predicted molar refractivity (Wildman–Crippen MR) is 342 cm³/mol. The standard InChI is InChI=1S/C57H49BrN14O12S6/c1-4-28-52-68-33(18-87-52)46(77)63-30-13-39(75)56(82)84-15-24-7-5-10-29-40(24)22(2)41(61-29)57(83)90-21-37(65-48(79)34-19-88-53(30)69-34)54-66-32(16-86-54)43-27(51-67-36(17-85-51)49(80)72-42(23(3)73)50(81)62-28)12-38(74)44(71-43)55-70-35(20-89-55)47(78)64-31(45(59)76)14-60-26-9-6-8-25(58)11-26/h4-12,16-20,23,30-31,37,39,42,60-61,73-75H,13-15,21H2,1-3H3,(H2,59,76)(H,62,81)(H,63,77)(H,64,78)(H,65,79)(H,72,80)/b28-4-/t23-,30+,31?,37+,39-,42+/m1/s1. The third kappa shape index (κ3) is 13.6. The molecule has 0 saturated heterocycles. The average molecular weight is 1390 g/mol. The summed E-state index contributed by atoms with van der Waals surface area (Å²) in [6, 6.07) is 8.60. The molecule has 0 saturated carbocycles. The minimum atomic E-state index is -1.84. The van der Waals surface area contributed by atoms with E-state index in [1.54, 1.807) is 55.6 Å². The molecule has 26 nitrogen and oxygen atoms in total. The number of pyridine rings is 1. The number of thioether (sulfide) groups is 1. The number of fused-ring (bicyclic) bond motifs is 13. The number of aromatic amines is 1. The van der Waals surface area contributed by atoms with Crippen LogP contribution in [0.5, 0.6) is 5.75 Å². The van der Waals surface area contributed by atoms with Crippen molar-refractivity contribution in [2.45, 2.75) is 70.2 Å². The number of primary amides is 1. The maximum atomic E-state index is 14.6. The molecule has 12 N–H and O–H groups in total. The summed E-state index contributed by atoms with van der Waals surface area (Å²) in [5, 5.41) is 58.9. The molecule has 6 atom stereocenters. The Morgan fingerprint density at radius 1 is 0.800 bits per heavy atom. The number of esters is 1. The number of nitrogens with zero attached hydrogens (tertiary/aromatic N) is 6. The number of aliphatic hydroxyl groups is 2. The molecule has 7 aromatic heterocycles. The lowest BCUT2D eigenvalue weighted by Gasteiger charge is -2.21. The van der Waals surface area contributed by atoms with E-state index in [2.05, 4.69) is 72.8 Å². The Kier molecular flexibility index (Phi) is 18.7. The zero-order valence-electron chi connectivity index (χ0n) is 47.0. The first-order valence-corrected chi connectivity index (χ1v) is 33.2. The maximum Gasteiger partial charge on any atom is 0.335 e.